The molecule has 124 valence electrons. The van der Waals surface area contributed by atoms with Crippen LogP contribution in [0.5, 0.6) is 0 Å². The number of esters is 1. The van der Waals surface area contributed by atoms with Crippen molar-refractivity contribution in [2.75, 3.05) is 13.4 Å². The second-order valence-electron chi connectivity index (χ2n) is 5.60. The first-order valence-electron chi connectivity index (χ1n) is 7.35. The van der Waals surface area contributed by atoms with E-state index in [4.69, 9.17) is 4.74 Å². The van der Waals surface area contributed by atoms with Crippen molar-refractivity contribution in [1.82, 2.24) is 4.57 Å². The van der Waals surface area contributed by atoms with E-state index < -0.39 is 9.84 Å². The zero-order valence-electron chi connectivity index (χ0n) is 13.4. The van der Waals surface area contributed by atoms with Crippen LogP contribution in [0.1, 0.15) is 15.9 Å². The maximum Gasteiger partial charge on any atom is 0.340 e. The van der Waals surface area contributed by atoms with E-state index in [2.05, 4.69) is 0 Å². The van der Waals surface area contributed by atoms with E-state index in [1.54, 1.807) is 30.5 Å². The third-order valence-electron chi connectivity index (χ3n) is 3.90. The van der Waals surface area contributed by atoms with Crippen LogP contribution in [-0.2, 0) is 21.1 Å². The van der Waals surface area contributed by atoms with Crippen molar-refractivity contribution in [3.05, 3.63) is 65.9 Å². The number of nitrogens with zero attached hydrogens (tertiary/aromatic N) is 1. The number of hydrogen-bond acceptors (Lipinski definition) is 4. The zero-order valence-corrected chi connectivity index (χ0v) is 14.2. The Morgan fingerprint density at radius 3 is 2.38 bits per heavy atom. The van der Waals surface area contributed by atoms with Gasteiger partial charge in [-0.15, -0.1) is 0 Å². The van der Waals surface area contributed by atoms with Gasteiger partial charge in [-0.25, -0.2) is 13.2 Å². The van der Waals surface area contributed by atoms with Gasteiger partial charge in [0.15, 0.2) is 9.84 Å². The first-order chi connectivity index (χ1) is 11.4. The summed E-state index contributed by atoms with van der Waals surface area (Å²) in [6, 6.07) is 14.4. The summed E-state index contributed by atoms with van der Waals surface area (Å²) in [7, 11) is -1.85. The van der Waals surface area contributed by atoms with Crippen LogP contribution >= 0.6 is 0 Å². The lowest BCUT2D eigenvalue weighted by Gasteiger charge is -2.06. The lowest BCUT2D eigenvalue weighted by Crippen LogP contribution is -2.02. The summed E-state index contributed by atoms with van der Waals surface area (Å²) >= 11 is 0. The van der Waals surface area contributed by atoms with E-state index in [1.165, 1.54) is 13.4 Å². The van der Waals surface area contributed by atoms with Crippen molar-refractivity contribution in [3.63, 3.8) is 0 Å². The van der Waals surface area contributed by atoms with Crippen LogP contribution in [0.2, 0.25) is 0 Å². The molecule has 0 N–H and O–H groups in total. The number of para-hydroxylation sites is 1. The monoisotopic (exact) mass is 343 g/mol. The highest BCUT2D eigenvalue weighted by Crippen LogP contribution is 2.23. The van der Waals surface area contributed by atoms with Crippen molar-refractivity contribution >= 4 is 26.7 Å². The van der Waals surface area contributed by atoms with Gasteiger partial charge in [-0.3, -0.25) is 0 Å². The normalized spacial score (nSPS) is 11.6. The Kier molecular flexibility index (Phi) is 4.15. The summed E-state index contributed by atoms with van der Waals surface area (Å²) in [5.41, 5.74) is 2.38. The quantitative estimate of drug-likeness (QED) is 0.683. The number of rotatable bonds is 4. The third kappa shape index (κ3) is 3.05. The molecule has 0 radical (unpaired) electrons. The van der Waals surface area contributed by atoms with E-state index in [1.807, 2.05) is 28.8 Å². The number of carbonyl (C=O) groups excluding carboxylic acids is 1. The van der Waals surface area contributed by atoms with Crippen molar-refractivity contribution < 1.29 is 17.9 Å². The molecule has 0 fully saturated rings. The third-order valence-corrected chi connectivity index (χ3v) is 5.03. The standard InChI is InChI=1S/C18H17NO4S/c1-23-18(20)16-12-19(17-6-4-3-5-15(16)17)11-13-7-9-14(10-8-13)24(2,21)22/h3-10,12H,11H2,1-2H3. The number of sulfone groups is 1. The molecule has 3 rings (SSSR count). The van der Waals surface area contributed by atoms with Gasteiger partial charge in [0.25, 0.3) is 0 Å². The Morgan fingerprint density at radius 2 is 1.75 bits per heavy atom. The Labute approximate surface area is 140 Å². The molecule has 0 bridgehead atoms. The van der Waals surface area contributed by atoms with Gasteiger partial charge in [-0.05, 0) is 23.8 Å². The zero-order chi connectivity index (χ0) is 17.3. The molecule has 6 heteroatoms. The number of carbonyl (C=O) groups is 1. The summed E-state index contributed by atoms with van der Waals surface area (Å²) in [4.78, 5) is 12.2. The van der Waals surface area contributed by atoms with Crippen LogP contribution in [0.25, 0.3) is 10.9 Å². The second kappa shape index (κ2) is 6.13. The predicted molar refractivity (Wildman–Crippen MR) is 91.9 cm³/mol. The summed E-state index contributed by atoms with van der Waals surface area (Å²) in [6.45, 7) is 0.529. The van der Waals surface area contributed by atoms with Gasteiger partial charge >= 0.3 is 5.97 Å². The number of fused-ring (bicyclic) bond motifs is 1. The highest BCUT2D eigenvalue weighted by Gasteiger charge is 2.15. The molecule has 0 atom stereocenters. The van der Waals surface area contributed by atoms with E-state index in [9.17, 15) is 13.2 Å². The maximum atomic E-state index is 11.9. The molecular formula is C18H17NO4S. The summed E-state index contributed by atoms with van der Waals surface area (Å²) in [6.07, 6.45) is 2.95. The number of benzene rings is 2. The maximum absolute atomic E-state index is 11.9. The first-order valence-corrected chi connectivity index (χ1v) is 9.24. The van der Waals surface area contributed by atoms with Crippen molar-refractivity contribution in [2.45, 2.75) is 11.4 Å². The summed E-state index contributed by atoms with van der Waals surface area (Å²) in [5.74, 6) is -0.377. The molecule has 0 aliphatic heterocycles. The molecule has 5 nitrogen and oxygen atoms in total. The lowest BCUT2D eigenvalue weighted by molar-refractivity contribution is 0.0602. The average Bonchev–Trinajstić information content (AvgIpc) is 2.93. The molecule has 2 aromatic carbocycles. The fourth-order valence-corrected chi connectivity index (χ4v) is 3.32. The molecule has 0 amide bonds. The fraction of sp³-hybridized carbons (Fsp3) is 0.167. The molecule has 0 aliphatic rings. The van der Waals surface area contributed by atoms with Crippen molar-refractivity contribution in [1.29, 1.82) is 0 Å². The molecular weight excluding hydrogens is 326 g/mol. The van der Waals surface area contributed by atoms with Crippen LogP contribution in [0.15, 0.2) is 59.6 Å². The van der Waals surface area contributed by atoms with Gasteiger partial charge in [0.1, 0.15) is 0 Å². The smallest absolute Gasteiger partial charge is 0.340 e. The second-order valence-corrected chi connectivity index (χ2v) is 7.61. The molecule has 24 heavy (non-hydrogen) atoms. The molecule has 0 spiro atoms. The van der Waals surface area contributed by atoms with E-state index in [-0.39, 0.29) is 5.97 Å². The van der Waals surface area contributed by atoms with Crippen LogP contribution in [-0.4, -0.2) is 32.3 Å². The topological polar surface area (TPSA) is 65.4 Å². The van der Waals surface area contributed by atoms with Gasteiger partial charge in [-0.2, -0.15) is 0 Å². The van der Waals surface area contributed by atoms with E-state index >= 15 is 0 Å². The minimum atomic E-state index is -3.21. The van der Waals surface area contributed by atoms with Gasteiger partial charge in [-0.1, -0.05) is 30.3 Å². The largest absolute Gasteiger partial charge is 0.465 e. The van der Waals surface area contributed by atoms with Crippen molar-refractivity contribution in [2.24, 2.45) is 0 Å². The lowest BCUT2D eigenvalue weighted by atomic mass is 10.2. The minimum absolute atomic E-state index is 0.291. The van der Waals surface area contributed by atoms with Crippen LogP contribution < -0.4 is 0 Å². The van der Waals surface area contributed by atoms with E-state index in [0.717, 1.165) is 16.5 Å². The number of ether oxygens (including phenoxy) is 1. The number of methoxy groups -OCH3 is 1. The van der Waals surface area contributed by atoms with Crippen LogP contribution in [0, 0.1) is 0 Å². The van der Waals surface area contributed by atoms with Crippen molar-refractivity contribution in [3.8, 4) is 0 Å². The molecule has 0 saturated heterocycles. The Balaban J connectivity index is 2.00. The SMILES string of the molecule is COC(=O)c1cn(Cc2ccc(S(C)(=O)=O)cc2)c2ccccc12. The Bertz CT molecular complexity index is 1000. The predicted octanol–water partition coefficient (Wildman–Crippen LogP) is 2.88. The van der Waals surface area contributed by atoms with Gasteiger partial charge in [0.2, 0.25) is 0 Å². The van der Waals surface area contributed by atoms with E-state index in [0.29, 0.717) is 17.0 Å². The molecule has 0 unspecified atom stereocenters. The molecule has 0 aliphatic carbocycles. The van der Waals surface area contributed by atoms with Crippen LogP contribution in [0.4, 0.5) is 0 Å². The van der Waals surface area contributed by atoms with Crippen LogP contribution in [0.3, 0.4) is 0 Å². The average molecular weight is 343 g/mol. The summed E-state index contributed by atoms with van der Waals surface area (Å²) in [5, 5.41) is 0.831. The molecule has 0 saturated carbocycles. The van der Waals surface area contributed by atoms with Gasteiger partial charge < -0.3 is 9.30 Å². The number of hydrogen-bond donors (Lipinski definition) is 0. The minimum Gasteiger partial charge on any atom is -0.465 e. The Morgan fingerprint density at radius 1 is 1.08 bits per heavy atom. The summed E-state index contributed by atoms with van der Waals surface area (Å²) < 4.78 is 29.9. The molecule has 1 aromatic heterocycles. The highest BCUT2D eigenvalue weighted by molar-refractivity contribution is 7.90. The number of aromatic nitrogens is 1. The first kappa shape index (κ1) is 16.3. The molecule has 3 aromatic rings. The fourth-order valence-electron chi connectivity index (χ4n) is 2.69. The van der Waals surface area contributed by atoms with Gasteiger partial charge in [0, 0.05) is 29.9 Å². The highest BCUT2D eigenvalue weighted by atomic mass is 32.2. The Hall–Kier alpha value is -2.60. The van der Waals surface area contributed by atoms with Gasteiger partial charge in [0.05, 0.1) is 17.6 Å². The molecule has 1 heterocycles.